The van der Waals surface area contributed by atoms with Gasteiger partial charge in [0.25, 0.3) is 0 Å². The molecule has 0 aromatic heterocycles. The van der Waals surface area contributed by atoms with E-state index in [0.717, 1.165) is 10.8 Å². The van der Waals surface area contributed by atoms with Crippen molar-refractivity contribution < 1.29 is 19.4 Å². The summed E-state index contributed by atoms with van der Waals surface area (Å²) < 4.78 is 10.2. The number of hydrogen-bond acceptors (Lipinski definition) is 4. The molecule has 0 saturated carbocycles. The molecular weight excluding hydrogens is 268 g/mol. The monoisotopic (exact) mass is 286 g/mol. The van der Waals surface area contributed by atoms with Gasteiger partial charge >= 0.3 is 5.97 Å². The smallest absolute Gasteiger partial charge is 0.333 e. The molecule has 0 saturated heterocycles. The number of methoxy groups -OCH3 is 1. The lowest BCUT2D eigenvalue weighted by molar-refractivity contribution is -0.136. The van der Waals surface area contributed by atoms with Crippen LogP contribution < -0.4 is 4.74 Å². The molecule has 1 N–H and O–H groups in total. The van der Waals surface area contributed by atoms with Gasteiger partial charge in [0.2, 0.25) is 0 Å². The second kappa shape index (κ2) is 6.90. The van der Waals surface area contributed by atoms with Gasteiger partial charge in [-0.3, -0.25) is 0 Å². The Balaban J connectivity index is 1.99. The van der Waals surface area contributed by atoms with Gasteiger partial charge < -0.3 is 14.6 Å². The van der Waals surface area contributed by atoms with Gasteiger partial charge in [0.1, 0.15) is 12.4 Å². The minimum absolute atomic E-state index is 0.0873. The van der Waals surface area contributed by atoms with Gasteiger partial charge in [0.05, 0.1) is 13.2 Å². The SMILES string of the molecule is C=C(CC(O)COc1cccc2ccccc12)C(=O)OC. The van der Waals surface area contributed by atoms with Crippen LogP contribution in [0, 0.1) is 0 Å². The van der Waals surface area contributed by atoms with Crippen molar-refractivity contribution in [2.75, 3.05) is 13.7 Å². The van der Waals surface area contributed by atoms with Crippen LogP contribution in [0.15, 0.2) is 54.6 Å². The summed E-state index contributed by atoms with van der Waals surface area (Å²) in [7, 11) is 1.28. The number of aliphatic hydroxyl groups excluding tert-OH is 1. The summed E-state index contributed by atoms with van der Waals surface area (Å²) >= 11 is 0. The Morgan fingerprint density at radius 3 is 2.71 bits per heavy atom. The van der Waals surface area contributed by atoms with Gasteiger partial charge in [-0.15, -0.1) is 0 Å². The standard InChI is InChI=1S/C17H18O4/c1-12(17(19)20-2)10-14(18)11-21-16-9-5-7-13-6-3-4-8-15(13)16/h3-9,14,18H,1,10-11H2,2H3. The van der Waals surface area contributed by atoms with E-state index in [4.69, 9.17) is 4.74 Å². The fourth-order valence-electron chi connectivity index (χ4n) is 2.08. The first kappa shape index (κ1) is 15.1. The highest BCUT2D eigenvalue weighted by Gasteiger charge is 2.14. The van der Waals surface area contributed by atoms with Gasteiger partial charge in [-0.1, -0.05) is 43.0 Å². The van der Waals surface area contributed by atoms with Gasteiger partial charge in [-0.2, -0.15) is 0 Å². The van der Waals surface area contributed by atoms with Gasteiger partial charge in [-0.05, 0) is 11.5 Å². The summed E-state index contributed by atoms with van der Waals surface area (Å²) in [5, 5.41) is 12.0. The maximum absolute atomic E-state index is 11.2. The Bertz CT molecular complexity index is 643. The number of carbonyl (C=O) groups excluding carboxylic acids is 1. The van der Waals surface area contributed by atoms with Crippen molar-refractivity contribution in [3.05, 3.63) is 54.6 Å². The molecule has 1 unspecified atom stereocenters. The molecule has 0 aliphatic carbocycles. The molecule has 2 rings (SSSR count). The summed E-state index contributed by atoms with van der Waals surface area (Å²) in [6.45, 7) is 3.67. The zero-order chi connectivity index (χ0) is 15.2. The topological polar surface area (TPSA) is 55.8 Å². The molecule has 4 heteroatoms. The van der Waals surface area contributed by atoms with Crippen molar-refractivity contribution >= 4 is 16.7 Å². The molecule has 110 valence electrons. The number of benzene rings is 2. The maximum Gasteiger partial charge on any atom is 0.333 e. The van der Waals surface area contributed by atoms with Gasteiger partial charge in [0, 0.05) is 17.4 Å². The van der Waals surface area contributed by atoms with E-state index in [0.29, 0.717) is 5.75 Å². The van der Waals surface area contributed by atoms with Crippen LogP contribution in [0.2, 0.25) is 0 Å². The third kappa shape index (κ3) is 3.83. The second-order valence-electron chi connectivity index (χ2n) is 4.74. The van der Waals surface area contributed by atoms with E-state index in [9.17, 15) is 9.90 Å². The highest BCUT2D eigenvalue weighted by Crippen LogP contribution is 2.25. The summed E-state index contributed by atoms with van der Waals surface area (Å²) in [6.07, 6.45) is -0.687. The lowest BCUT2D eigenvalue weighted by atomic mass is 10.1. The van der Waals surface area contributed by atoms with E-state index < -0.39 is 12.1 Å². The highest BCUT2D eigenvalue weighted by molar-refractivity contribution is 5.88. The predicted molar refractivity (Wildman–Crippen MR) is 81.2 cm³/mol. The molecule has 2 aromatic rings. The van der Waals surface area contributed by atoms with E-state index in [1.54, 1.807) is 0 Å². The fraction of sp³-hybridized carbons (Fsp3) is 0.235. The van der Waals surface area contributed by atoms with Crippen molar-refractivity contribution in [3.63, 3.8) is 0 Å². The molecule has 1 atom stereocenters. The van der Waals surface area contributed by atoms with E-state index in [1.807, 2.05) is 42.5 Å². The third-order valence-electron chi connectivity index (χ3n) is 3.14. The highest BCUT2D eigenvalue weighted by atomic mass is 16.5. The zero-order valence-corrected chi connectivity index (χ0v) is 11.9. The van der Waals surface area contributed by atoms with Crippen molar-refractivity contribution in [1.82, 2.24) is 0 Å². The average molecular weight is 286 g/mol. The normalized spacial score (nSPS) is 11.9. The van der Waals surface area contributed by atoms with Crippen LogP contribution >= 0.6 is 0 Å². The second-order valence-corrected chi connectivity index (χ2v) is 4.74. The molecule has 21 heavy (non-hydrogen) atoms. The van der Waals surface area contributed by atoms with Crippen molar-refractivity contribution in [3.8, 4) is 5.75 Å². The number of carbonyl (C=O) groups is 1. The predicted octanol–water partition coefficient (Wildman–Crippen LogP) is 2.70. The van der Waals surface area contributed by atoms with Crippen LogP contribution in [0.1, 0.15) is 6.42 Å². The third-order valence-corrected chi connectivity index (χ3v) is 3.14. The number of ether oxygens (including phenoxy) is 2. The molecule has 0 aliphatic rings. The van der Waals surface area contributed by atoms with Crippen molar-refractivity contribution in [2.45, 2.75) is 12.5 Å². The Kier molecular flexibility index (Phi) is 4.95. The molecule has 0 radical (unpaired) electrons. The minimum Gasteiger partial charge on any atom is -0.490 e. The lowest BCUT2D eigenvalue weighted by Gasteiger charge is -2.14. The molecule has 0 heterocycles. The van der Waals surface area contributed by atoms with E-state index in [1.165, 1.54) is 7.11 Å². The number of esters is 1. The van der Waals surface area contributed by atoms with Crippen molar-refractivity contribution in [1.29, 1.82) is 0 Å². The fourth-order valence-corrected chi connectivity index (χ4v) is 2.08. The maximum atomic E-state index is 11.2. The number of hydrogen-bond donors (Lipinski definition) is 1. The van der Waals surface area contributed by atoms with Crippen LogP contribution in [-0.2, 0) is 9.53 Å². The summed E-state index contributed by atoms with van der Waals surface area (Å²) in [6, 6.07) is 13.6. The summed E-state index contributed by atoms with van der Waals surface area (Å²) in [5.41, 5.74) is 0.228. The van der Waals surface area contributed by atoms with E-state index in [-0.39, 0.29) is 18.6 Å². The van der Waals surface area contributed by atoms with Crippen molar-refractivity contribution in [2.24, 2.45) is 0 Å². The molecule has 0 spiro atoms. The lowest BCUT2D eigenvalue weighted by Crippen LogP contribution is -2.20. The number of aliphatic hydroxyl groups is 1. The average Bonchev–Trinajstić information content (AvgIpc) is 2.51. The first-order valence-corrected chi connectivity index (χ1v) is 6.66. The first-order chi connectivity index (χ1) is 10.1. The molecule has 0 amide bonds. The Hall–Kier alpha value is -2.33. The minimum atomic E-state index is -0.810. The van der Waals surface area contributed by atoms with E-state index in [2.05, 4.69) is 11.3 Å². The van der Waals surface area contributed by atoms with Crippen LogP contribution in [0.3, 0.4) is 0 Å². The van der Waals surface area contributed by atoms with E-state index >= 15 is 0 Å². The van der Waals surface area contributed by atoms with Crippen LogP contribution in [0.4, 0.5) is 0 Å². The summed E-state index contributed by atoms with van der Waals surface area (Å²) in [4.78, 5) is 11.2. The van der Waals surface area contributed by atoms with Crippen LogP contribution in [-0.4, -0.2) is 30.9 Å². The largest absolute Gasteiger partial charge is 0.490 e. The Morgan fingerprint density at radius 2 is 1.95 bits per heavy atom. The Labute approximate surface area is 123 Å². The molecule has 2 aromatic carbocycles. The zero-order valence-electron chi connectivity index (χ0n) is 11.9. The van der Waals surface area contributed by atoms with Gasteiger partial charge in [-0.25, -0.2) is 4.79 Å². The molecule has 0 bridgehead atoms. The Morgan fingerprint density at radius 1 is 1.24 bits per heavy atom. The van der Waals surface area contributed by atoms with Crippen LogP contribution in [0.5, 0.6) is 5.75 Å². The summed E-state index contributed by atoms with van der Waals surface area (Å²) in [5.74, 6) is 0.190. The molecular formula is C17H18O4. The van der Waals surface area contributed by atoms with Gasteiger partial charge in [0.15, 0.2) is 0 Å². The molecule has 0 aliphatic heterocycles. The first-order valence-electron chi connectivity index (χ1n) is 6.66. The van der Waals surface area contributed by atoms with Crippen LogP contribution in [0.25, 0.3) is 10.8 Å². The quantitative estimate of drug-likeness (QED) is 0.655. The number of fused-ring (bicyclic) bond motifs is 1. The molecule has 0 fully saturated rings. The molecule has 4 nitrogen and oxygen atoms in total. The number of rotatable bonds is 6.